The van der Waals surface area contributed by atoms with Crippen molar-refractivity contribution in [2.45, 2.75) is 9.07 Å². The van der Waals surface area contributed by atoms with E-state index in [2.05, 4.69) is 57.3 Å². The summed E-state index contributed by atoms with van der Waals surface area (Å²) in [4.78, 5) is 22.7. The van der Waals surface area contributed by atoms with Crippen LogP contribution in [0.1, 0.15) is 6.92 Å². The minimum Gasteiger partial charge on any atom is -0.508 e. The summed E-state index contributed by atoms with van der Waals surface area (Å²) in [6.45, 7) is 1.65. The Morgan fingerprint density at radius 2 is 1.71 bits per heavy atom. The molecule has 17 heavy (non-hydrogen) atoms. The average molecular weight is 488 g/mol. The third-order valence-electron chi connectivity index (χ3n) is 1.37. The molecule has 0 unspecified atom stereocenters. The molecule has 5 nitrogen and oxygen atoms in total. The van der Waals surface area contributed by atoms with Gasteiger partial charge in [0.1, 0.15) is 0 Å². The number of aliphatic hydroxyl groups is 1. The topological polar surface area (TPSA) is 72.8 Å². The second-order valence-corrected chi connectivity index (χ2v) is 9.19. The van der Waals surface area contributed by atoms with Gasteiger partial charge in [0.2, 0.25) is 0 Å². The van der Waals surface area contributed by atoms with E-state index in [0.29, 0.717) is 0 Å². The number of carbonyl (C=O) groups is 2. The van der Waals surface area contributed by atoms with E-state index in [0.717, 1.165) is 7.11 Å². The van der Waals surface area contributed by atoms with Gasteiger partial charge in [-0.1, -0.05) is 47.8 Å². The first kappa shape index (κ1) is 19.8. The number of esters is 2. The van der Waals surface area contributed by atoms with E-state index in [1.54, 1.807) is 6.92 Å². The van der Waals surface area contributed by atoms with Crippen LogP contribution >= 0.6 is 47.8 Å². The maximum atomic E-state index is 11.4. The molecule has 0 fully saturated rings. The number of hydrogen-bond acceptors (Lipinski definition) is 5. The molecular formula is C8H9Br3CuO5. The second-order valence-electron chi connectivity index (χ2n) is 2.43. The minimum atomic E-state index is -1.29. The Morgan fingerprint density at radius 3 is 2.00 bits per heavy atom. The Morgan fingerprint density at radius 1 is 1.24 bits per heavy atom. The fourth-order valence-electron chi connectivity index (χ4n) is 0.724. The second kappa shape index (κ2) is 8.53. The summed E-state index contributed by atoms with van der Waals surface area (Å²) in [5.41, 5.74) is -0.588. The molecule has 0 aliphatic rings. The van der Waals surface area contributed by atoms with Gasteiger partial charge in [-0.3, -0.25) is 0 Å². The van der Waals surface area contributed by atoms with E-state index in [1.807, 2.05) is 0 Å². The Balaban J connectivity index is 0. The Bertz CT molecular complexity index is 324. The van der Waals surface area contributed by atoms with Gasteiger partial charge >= 0.3 is 11.9 Å². The number of aliphatic hydroxyl groups excluding tert-OH is 1. The largest absolute Gasteiger partial charge is 0.508 e. The standard InChI is InChI=1S/C8H9Br3O5.Cu/c1-3-16-7(14)4(6(13)15-2)5(12)8(9,10)11;/h12H,3H2,1-2H3;/b5-4+;. The van der Waals surface area contributed by atoms with Crippen molar-refractivity contribution in [3.63, 3.8) is 0 Å². The molecule has 0 aromatic rings. The number of allylic oxidation sites excluding steroid dienone is 1. The van der Waals surface area contributed by atoms with E-state index in [1.165, 1.54) is 0 Å². The van der Waals surface area contributed by atoms with Gasteiger partial charge in [-0.25, -0.2) is 9.59 Å². The van der Waals surface area contributed by atoms with Gasteiger partial charge in [-0.15, -0.1) is 0 Å². The summed E-state index contributed by atoms with van der Waals surface area (Å²) in [5.74, 6) is -2.54. The van der Waals surface area contributed by atoms with Crippen molar-refractivity contribution in [2.24, 2.45) is 0 Å². The molecule has 0 saturated heterocycles. The number of methoxy groups -OCH3 is 1. The number of hydrogen-bond donors (Lipinski definition) is 1. The van der Waals surface area contributed by atoms with E-state index < -0.39 is 25.4 Å². The van der Waals surface area contributed by atoms with Crippen LogP contribution in [-0.2, 0) is 36.1 Å². The molecule has 0 aromatic heterocycles. The van der Waals surface area contributed by atoms with Crippen LogP contribution in [0.25, 0.3) is 0 Å². The molecule has 1 radical (unpaired) electrons. The fourth-order valence-corrected chi connectivity index (χ4v) is 1.32. The van der Waals surface area contributed by atoms with Gasteiger partial charge in [0.25, 0.3) is 0 Å². The molecule has 103 valence electrons. The number of halogens is 3. The predicted octanol–water partition coefficient (Wildman–Crippen LogP) is 2.37. The fraction of sp³-hybridized carbons (Fsp3) is 0.500. The SMILES string of the molecule is CCOC(=O)/C(C(=O)OC)=C(/O)C(Br)(Br)Br.[Cu]. The van der Waals surface area contributed by atoms with Crippen molar-refractivity contribution >= 4 is 59.7 Å². The molecule has 0 saturated carbocycles. The van der Waals surface area contributed by atoms with Gasteiger partial charge in [-0.2, -0.15) is 0 Å². The van der Waals surface area contributed by atoms with Gasteiger partial charge < -0.3 is 14.6 Å². The van der Waals surface area contributed by atoms with Crippen LogP contribution in [0.3, 0.4) is 0 Å². The number of ether oxygens (including phenoxy) is 2. The third-order valence-corrected chi connectivity index (χ3v) is 2.50. The monoisotopic (exact) mass is 485 g/mol. The van der Waals surface area contributed by atoms with Crippen LogP contribution < -0.4 is 0 Å². The zero-order valence-electron chi connectivity index (χ0n) is 8.72. The molecule has 0 rings (SSSR count). The summed E-state index contributed by atoms with van der Waals surface area (Å²) < 4.78 is 7.71. The van der Waals surface area contributed by atoms with Crippen LogP contribution in [-0.4, -0.2) is 32.9 Å². The van der Waals surface area contributed by atoms with Crippen LogP contribution in [0, 0.1) is 0 Å². The van der Waals surface area contributed by atoms with Crippen LogP contribution in [0.5, 0.6) is 0 Å². The van der Waals surface area contributed by atoms with Crippen molar-refractivity contribution in [3.05, 3.63) is 11.3 Å². The van der Waals surface area contributed by atoms with E-state index in [9.17, 15) is 14.7 Å². The summed E-state index contributed by atoms with van der Waals surface area (Å²) in [6.07, 6.45) is 0. The number of carbonyl (C=O) groups excluding carboxylic acids is 2. The normalized spacial score (nSPS) is 12.1. The van der Waals surface area contributed by atoms with Gasteiger partial charge in [0, 0.05) is 17.1 Å². The molecule has 0 atom stereocenters. The predicted molar refractivity (Wildman–Crippen MR) is 67.8 cm³/mol. The Hall–Kier alpha value is 0.439. The van der Waals surface area contributed by atoms with Crippen molar-refractivity contribution < 1.29 is 41.2 Å². The molecule has 0 aliphatic carbocycles. The van der Waals surface area contributed by atoms with Gasteiger partial charge in [-0.05, 0) is 6.92 Å². The third kappa shape index (κ3) is 6.24. The maximum absolute atomic E-state index is 11.4. The molecule has 0 aliphatic heterocycles. The molecule has 0 aromatic carbocycles. The average Bonchev–Trinajstić information content (AvgIpc) is 2.16. The van der Waals surface area contributed by atoms with Crippen molar-refractivity contribution in [2.75, 3.05) is 13.7 Å². The van der Waals surface area contributed by atoms with Crippen molar-refractivity contribution in [1.82, 2.24) is 0 Å². The number of alkyl halides is 3. The van der Waals surface area contributed by atoms with Crippen LogP contribution in [0.2, 0.25) is 0 Å². The van der Waals surface area contributed by atoms with Gasteiger partial charge in [0.15, 0.2) is 13.5 Å². The summed E-state index contributed by atoms with van der Waals surface area (Å²) >= 11 is 8.91. The van der Waals surface area contributed by atoms with Crippen LogP contribution in [0.15, 0.2) is 11.3 Å². The van der Waals surface area contributed by atoms with E-state index >= 15 is 0 Å². The first-order valence-electron chi connectivity index (χ1n) is 4.01. The summed E-state index contributed by atoms with van der Waals surface area (Å²) in [6, 6.07) is 0. The minimum absolute atomic E-state index is 0. The van der Waals surface area contributed by atoms with E-state index in [4.69, 9.17) is 0 Å². The smallest absolute Gasteiger partial charge is 0.349 e. The Labute approximate surface area is 134 Å². The van der Waals surface area contributed by atoms with Crippen molar-refractivity contribution in [1.29, 1.82) is 0 Å². The Kier molecular flexibility index (Phi) is 9.92. The molecule has 1 N–H and O–H groups in total. The molecular weight excluding hydrogens is 479 g/mol. The molecule has 0 amide bonds. The summed E-state index contributed by atoms with van der Waals surface area (Å²) in [7, 11) is 1.09. The summed E-state index contributed by atoms with van der Waals surface area (Å²) in [5, 5.41) is 9.68. The zero-order valence-corrected chi connectivity index (χ0v) is 14.4. The van der Waals surface area contributed by atoms with E-state index in [-0.39, 0.29) is 23.7 Å². The van der Waals surface area contributed by atoms with Gasteiger partial charge in [0.05, 0.1) is 13.7 Å². The first-order valence-corrected chi connectivity index (χ1v) is 6.39. The molecule has 9 heteroatoms. The zero-order chi connectivity index (χ0) is 12.9. The maximum Gasteiger partial charge on any atom is 0.349 e. The molecule has 0 bridgehead atoms. The van der Waals surface area contributed by atoms with Crippen LogP contribution in [0.4, 0.5) is 0 Å². The molecule has 0 spiro atoms. The first-order chi connectivity index (χ1) is 7.25. The molecule has 0 heterocycles. The number of rotatable bonds is 3. The van der Waals surface area contributed by atoms with Crippen molar-refractivity contribution in [3.8, 4) is 0 Å². The quantitative estimate of drug-likeness (QED) is 0.126.